The molecule has 2 N–H and O–H groups in total. The van der Waals surface area contributed by atoms with E-state index in [1.807, 2.05) is 13.8 Å². The Morgan fingerprint density at radius 3 is 2.61 bits per heavy atom. The topological polar surface area (TPSA) is 103 Å². The third kappa shape index (κ3) is 6.01. The molecule has 0 amide bonds. The van der Waals surface area contributed by atoms with Gasteiger partial charge in [0, 0.05) is 25.3 Å². The number of halogens is 2. The van der Waals surface area contributed by atoms with E-state index >= 15 is 0 Å². The maximum atomic E-state index is 10.0. The standard InChI is InChI=1S/C26H32Cl2N4O4/c1-15-22(16(2)36-32-15)24-23(28)21(12-26(3)7-9-34-10-8-26)30-25(31-24)19-11-18(5-6-20(19)27)35-14-17(33)13-29-4/h5-6,11,17,29,33H,7-10,12-14H2,1-4H3. The summed E-state index contributed by atoms with van der Waals surface area (Å²) in [6.07, 6.45) is 1.87. The minimum atomic E-state index is -0.640. The Balaban J connectivity index is 1.79. The minimum Gasteiger partial charge on any atom is -0.491 e. The number of hydrogen-bond donors (Lipinski definition) is 2. The fourth-order valence-corrected chi connectivity index (χ4v) is 4.86. The van der Waals surface area contributed by atoms with Crippen LogP contribution < -0.4 is 10.1 Å². The zero-order valence-corrected chi connectivity index (χ0v) is 22.5. The molecule has 0 bridgehead atoms. The van der Waals surface area contributed by atoms with Crippen molar-refractivity contribution in [1.82, 2.24) is 20.4 Å². The van der Waals surface area contributed by atoms with E-state index in [1.165, 1.54) is 0 Å². The highest BCUT2D eigenvalue weighted by Crippen LogP contribution is 2.40. The SMILES string of the molecule is CNCC(O)COc1ccc(Cl)c(-c2nc(CC3(C)CCOCC3)c(Cl)c(-c3c(C)noc3C)n2)c1. The van der Waals surface area contributed by atoms with E-state index in [1.54, 1.807) is 25.2 Å². The summed E-state index contributed by atoms with van der Waals surface area (Å²) in [4.78, 5) is 9.75. The lowest BCUT2D eigenvalue weighted by atomic mass is 9.78. The van der Waals surface area contributed by atoms with Crippen molar-refractivity contribution in [2.24, 2.45) is 5.41 Å². The molecule has 2 aromatic heterocycles. The van der Waals surface area contributed by atoms with Gasteiger partial charge in [0.15, 0.2) is 5.82 Å². The lowest BCUT2D eigenvalue weighted by Crippen LogP contribution is -2.29. The highest BCUT2D eigenvalue weighted by Gasteiger charge is 2.31. The molecule has 10 heteroatoms. The van der Waals surface area contributed by atoms with E-state index in [0.29, 0.717) is 70.5 Å². The fourth-order valence-electron chi connectivity index (χ4n) is 4.42. The molecule has 0 spiro atoms. The summed E-state index contributed by atoms with van der Waals surface area (Å²) >= 11 is 13.6. The van der Waals surface area contributed by atoms with Crippen LogP contribution in [0.5, 0.6) is 5.75 Å². The van der Waals surface area contributed by atoms with Crippen LogP contribution in [-0.2, 0) is 11.2 Å². The predicted molar refractivity (Wildman–Crippen MR) is 140 cm³/mol. The number of aliphatic hydroxyl groups excluding tert-OH is 1. The van der Waals surface area contributed by atoms with Crippen molar-refractivity contribution in [3.63, 3.8) is 0 Å². The van der Waals surface area contributed by atoms with E-state index < -0.39 is 6.10 Å². The van der Waals surface area contributed by atoms with Gasteiger partial charge in [-0.25, -0.2) is 9.97 Å². The monoisotopic (exact) mass is 534 g/mol. The smallest absolute Gasteiger partial charge is 0.161 e. The Hall–Kier alpha value is -2.23. The van der Waals surface area contributed by atoms with Gasteiger partial charge in [-0.3, -0.25) is 0 Å². The lowest BCUT2D eigenvalue weighted by Gasteiger charge is -2.33. The average Bonchev–Trinajstić information content (AvgIpc) is 3.18. The first-order valence-corrected chi connectivity index (χ1v) is 12.8. The predicted octanol–water partition coefficient (Wildman–Crippen LogP) is 5.04. The zero-order chi connectivity index (χ0) is 25.9. The Bertz CT molecular complexity index is 1190. The second-order valence-corrected chi connectivity index (χ2v) is 10.4. The summed E-state index contributed by atoms with van der Waals surface area (Å²) in [7, 11) is 1.77. The molecule has 3 aromatic rings. The van der Waals surface area contributed by atoms with Gasteiger partial charge in [0.2, 0.25) is 0 Å². The molecule has 0 radical (unpaired) electrons. The van der Waals surface area contributed by atoms with Crippen LogP contribution in [0.15, 0.2) is 22.7 Å². The number of rotatable bonds is 9. The van der Waals surface area contributed by atoms with E-state index in [2.05, 4.69) is 17.4 Å². The number of aryl methyl sites for hydroxylation is 2. The largest absolute Gasteiger partial charge is 0.491 e. The maximum Gasteiger partial charge on any atom is 0.161 e. The summed E-state index contributed by atoms with van der Waals surface area (Å²) in [5.74, 6) is 1.62. The molecule has 1 aromatic carbocycles. The van der Waals surface area contributed by atoms with Gasteiger partial charge < -0.3 is 24.4 Å². The van der Waals surface area contributed by atoms with Crippen molar-refractivity contribution in [3.05, 3.63) is 45.4 Å². The molecule has 8 nitrogen and oxygen atoms in total. The number of nitrogens with zero attached hydrogens (tertiary/aromatic N) is 3. The van der Waals surface area contributed by atoms with Gasteiger partial charge in [0.25, 0.3) is 0 Å². The summed E-state index contributed by atoms with van der Waals surface area (Å²) in [6, 6.07) is 5.28. The zero-order valence-electron chi connectivity index (χ0n) is 21.0. The molecule has 1 atom stereocenters. The van der Waals surface area contributed by atoms with E-state index in [4.69, 9.17) is 47.2 Å². The first-order valence-electron chi connectivity index (χ1n) is 12.0. The number of hydrogen-bond acceptors (Lipinski definition) is 8. The maximum absolute atomic E-state index is 10.0. The molecule has 1 saturated heterocycles. The Labute approximate surface area is 221 Å². The van der Waals surface area contributed by atoms with Crippen LogP contribution in [0.3, 0.4) is 0 Å². The van der Waals surface area contributed by atoms with Gasteiger partial charge in [-0.2, -0.15) is 0 Å². The highest BCUT2D eigenvalue weighted by atomic mass is 35.5. The molecule has 1 fully saturated rings. The molecule has 0 aliphatic carbocycles. The number of likely N-dealkylation sites (N-methyl/N-ethyl adjacent to an activating group) is 1. The molecule has 194 valence electrons. The number of aromatic nitrogens is 3. The van der Waals surface area contributed by atoms with Gasteiger partial charge in [-0.05, 0) is 63.8 Å². The summed E-state index contributed by atoms with van der Waals surface area (Å²) in [5, 5.41) is 18.0. The second-order valence-electron chi connectivity index (χ2n) is 9.62. The lowest BCUT2D eigenvalue weighted by molar-refractivity contribution is 0.0237. The third-order valence-corrected chi connectivity index (χ3v) is 7.27. The molecule has 36 heavy (non-hydrogen) atoms. The van der Waals surface area contributed by atoms with Crippen LogP contribution in [0.2, 0.25) is 10.0 Å². The van der Waals surface area contributed by atoms with E-state index in [9.17, 15) is 5.11 Å². The average molecular weight is 535 g/mol. The van der Waals surface area contributed by atoms with E-state index in [-0.39, 0.29) is 12.0 Å². The van der Waals surface area contributed by atoms with Crippen molar-refractivity contribution in [2.45, 2.75) is 46.1 Å². The van der Waals surface area contributed by atoms with Gasteiger partial charge >= 0.3 is 0 Å². The van der Waals surface area contributed by atoms with E-state index in [0.717, 1.165) is 24.1 Å². The Morgan fingerprint density at radius 1 is 1.19 bits per heavy atom. The quantitative estimate of drug-likeness (QED) is 0.393. The molecule has 1 aliphatic heterocycles. The van der Waals surface area contributed by atoms with Gasteiger partial charge in [-0.1, -0.05) is 35.3 Å². The number of aliphatic hydroxyl groups is 1. The van der Waals surface area contributed by atoms with Gasteiger partial charge in [-0.15, -0.1) is 0 Å². The van der Waals surface area contributed by atoms with Crippen molar-refractivity contribution < 1.29 is 19.1 Å². The summed E-state index contributed by atoms with van der Waals surface area (Å²) < 4.78 is 16.8. The molecule has 1 unspecified atom stereocenters. The summed E-state index contributed by atoms with van der Waals surface area (Å²) in [5.41, 5.74) is 3.37. The molecule has 3 heterocycles. The normalized spacial score (nSPS) is 16.2. The molecule has 1 aliphatic rings. The van der Waals surface area contributed by atoms with Crippen LogP contribution in [0.1, 0.15) is 36.9 Å². The van der Waals surface area contributed by atoms with Crippen LogP contribution in [-0.4, -0.2) is 59.7 Å². The number of ether oxygens (including phenoxy) is 2. The first-order chi connectivity index (χ1) is 17.2. The number of nitrogens with one attached hydrogen (secondary N) is 1. The Kier molecular flexibility index (Phi) is 8.52. The van der Waals surface area contributed by atoms with Crippen LogP contribution in [0.25, 0.3) is 22.6 Å². The molecular weight excluding hydrogens is 503 g/mol. The highest BCUT2D eigenvalue weighted by molar-refractivity contribution is 6.34. The number of benzene rings is 1. The summed E-state index contributed by atoms with van der Waals surface area (Å²) in [6.45, 7) is 7.93. The van der Waals surface area contributed by atoms with Crippen LogP contribution in [0, 0.1) is 19.3 Å². The first kappa shape index (κ1) is 26.8. The van der Waals surface area contributed by atoms with Crippen molar-refractivity contribution >= 4 is 23.2 Å². The third-order valence-electron chi connectivity index (χ3n) is 6.54. The fraction of sp³-hybridized carbons (Fsp3) is 0.500. The molecular formula is C26H32Cl2N4O4. The molecule has 4 rings (SSSR count). The van der Waals surface area contributed by atoms with Crippen LogP contribution >= 0.6 is 23.2 Å². The van der Waals surface area contributed by atoms with Gasteiger partial charge in [0.1, 0.15) is 24.2 Å². The van der Waals surface area contributed by atoms with Gasteiger partial charge in [0.05, 0.1) is 32.7 Å². The van der Waals surface area contributed by atoms with Crippen molar-refractivity contribution in [1.29, 1.82) is 0 Å². The molecule has 0 saturated carbocycles. The van der Waals surface area contributed by atoms with Crippen LogP contribution in [0.4, 0.5) is 0 Å². The minimum absolute atomic E-state index is 0.00171. The van der Waals surface area contributed by atoms with Crippen molar-refractivity contribution in [3.8, 4) is 28.4 Å². The Morgan fingerprint density at radius 2 is 1.94 bits per heavy atom. The van der Waals surface area contributed by atoms with Crippen molar-refractivity contribution in [2.75, 3.05) is 33.4 Å². The second kappa shape index (κ2) is 11.4.